The summed E-state index contributed by atoms with van der Waals surface area (Å²) in [6.45, 7) is 10.4. The maximum atomic E-state index is 6.02. The molecule has 1 aliphatic rings. The highest BCUT2D eigenvalue weighted by molar-refractivity contribution is 6.09. The van der Waals surface area contributed by atoms with Crippen LogP contribution in [0, 0.1) is 5.92 Å². The first-order chi connectivity index (χ1) is 15.1. The fourth-order valence-corrected chi connectivity index (χ4v) is 4.68. The minimum atomic E-state index is 0.501. The normalized spacial score (nSPS) is 14.3. The third-order valence-electron chi connectivity index (χ3n) is 6.29. The highest BCUT2D eigenvalue weighted by Crippen LogP contribution is 2.38. The number of likely N-dealkylation sites (N-methyl/N-ethyl adjacent to an activating group) is 1. The Kier molecular flexibility index (Phi) is 5.37. The zero-order valence-electron chi connectivity index (χ0n) is 18.7. The molecule has 0 aliphatic carbocycles. The summed E-state index contributed by atoms with van der Waals surface area (Å²) in [5, 5.41) is 3.93. The second-order valence-electron chi connectivity index (χ2n) is 8.95. The van der Waals surface area contributed by atoms with Crippen LogP contribution in [-0.4, -0.2) is 29.6 Å². The zero-order valence-corrected chi connectivity index (χ0v) is 18.7. The maximum Gasteiger partial charge on any atom is 0.119 e. The SMILES string of the molecule is CCN1CCc2c(c(-c3cccc(OCC(C)C)c3)nc3ccc4ccccc4c23)C1. The molecule has 0 atom stereocenters. The Labute approximate surface area is 184 Å². The summed E-state index contributed by atoms with van der Waals surface area (Å²) in [6.07, 6.45) is 1.06. The van der Waals surface area contributed by atoms with Crippen molar-refractivity contribution >= 4 is 21.7 Å². The van der Waals surface area contributed by atoms with Gasteiger partial charge in [-0.25, -0.2) is 4.98 Å². The number of pyridine rings is 1. The molecule has 0 unspecified atom stereocenters. The van der Waals surface area contributed by atoms with Gasteiger partial charge in [-0.05, 0) is 59.0 Å². The fraction of sp³-hybridized carbons (Fsp3) is 0.321. The lowest BCUT2D eigenvalue weighted by Gasteiger charge is -2.30. The molecule has 0 spiro atoms. The Morgan fingerprint density at radius 2 is 1.87 bits per heavy atom. The van der Waals surface area contributed by atoms with Crippen LogP contribution in [0.25, 0.3) is 32.9 Å². The van der Waals surface area contributed by atoms with Crippen molar-refractivity contribution in [3.8, 4) is 17.0 Å². The summed E-state index contributed by atoms with van der Waals surface area (Å²) in [4.78, 5) is 7.75. The van der Waals surface area contributed by atoms with Gasteiger partial charge in [0.1, 0.15) is 5.75 Å². The molecule has 3 heteroatoms. The van der Waals surface area contributed by atoms with Crippen LogP contribution in [-0.2, 0) is 13.0 Å². The summed E-state index contributed by atoms with van der Waals surface area (Å²) in [5.41, 5.74) is 6.18. The highest BCUT2D eigenvalue weighted by Gasteiger charge is 2.24. The molecule has 0 radical (unpaired) electrons. The topological polar surface area (TPSA) is 25.4 Å². The fourth-order valence-electron chi connectivity index (χ4n) is 4.68. The van der Waals surface area contributed by atoms with E-state index in [4.69, 9.17) is 9.72 Å². The predicted octanol–water partition coefficient (Wildman–Crippen LogP) is 6.47. The standard InChI is InChI=1S/C28H30N2O/c1-4-30-15-14-24-25(17-30)28(21-9-7-10-22(16-21)31-18-19(2)3)29-26-13-12-20-8-5-6-11-23(20)27(24)26/h5-13,16,19H,4,14-15,17-18H2,1-3H3. The van der Waals surface area contributed by atoms with Gasteiger partial charge in [-0.1, -0.05) is 63.2 Å². The molecule has 1 aromatic heterocycles. The minimum Gasteiger partial charge on any atom is -0.493 e. The van der Waals surface area contributed by atoms with Crippen molar-refractivity contribution in [1.82, 2.24) is 9.88 Å². The molecule has 0 amide bonds. The number of hydrogen-bond donors (Lipinski definition) is 0. The van der Waals surface area contributed by atoms with Crippen LogP contribution in [0.1, 0.15) is 31.9 Å². The number of ether oxygens (including phenoxy) is 1. The van der Waals surface area contributed by atoms with Crippen molar-refractivity contribution < 1.29 is 4.74 Å². The molecule has 3 aromatic carbocycles. The van der Waals surface area contributed by atoms with Crippen molar-refractivity contribution in [2.75, 3.05) is 19.7 Å². The largest absolute Gasteiger partial charge is 0.493 e. The first-order valence-electron chi connectivity index (χ1n) is 11.4. The molecule has 0 saturated heterocycles. The van der Waals surface area contributed by atoms with Gasteiger partial charge in [-0.2, -0.15) is 0 Å². The van der Waals surface area contributed by atoms with Crippen LogP contribution in [0.3, 0.4) is 0 Å². The van der Waals surface area contributed by atoms with Crippen molar-refractivity contribution in [3.63, 3.8) is 0 Å². The molecule has 0 bridgehead atoms. The smallest absolute Gasteiger partial charge is 0.119 e. The quantitative estimate of drug-likeness (QED) is 0.353. The predicted molar refractivity (Wildman–Crippen MR) is 130 cm³/mol. The lowest BCUT2D eigenvalue weighted by atomic mass is 9.89. The van der Waals surface area contributed by atoms with E-state index in [-0.39, 0.29) is 0 Å². The number of hydrogen-bond acceptors (Lipinski definition) is 3. The molecular weight excluding hydrogens is 380 g/mol. The third-order valence-corrected chi connectivity index (χ3v) is 6.29. The van der Waals surface area contributed by atoms with Gasteiger partial charge in [0.05, 0.1) is 17.8 Å². The molecule has 0 saturated carbocycles. The second-order valence-corrected chi connectivity index (χ2v) is 8.95. The summed E-state index contributed by atoms with van der Waals surface area (Å²) < 4.78 is 6.02. The van der Waals surface area contributed by atoms with Crippen molar-refractivity contribution in [2.24, 2.45) is 5.92 Å². The van der Waals surface area contributed by atoms with Crippen LogP contribution >= 0.6 is 0 Å². The van der Waals surface area contributed by atoms with Crippen LogP contribution < -0.4 is 4.74 Å². The van der Waals surface area contributed by atoms with Gasteiger partial charge in [0.15, 0.2) is 0 Å². The zero-order chi connectivity index (χ0) is 21.4. The van der Waals surface area contributed by atoms with Crippen LogP contribution in [0.15, 0.2) is 60.7 Å². The van der Waals surface area contributed by atoms with Gasteiger partial charge >= 0.3 is 0 Å². The molecule has 4 aromatic rings. The van der Waals surface area contributed by atoms with Gasteiger partial charge in [-0.3, -0.25) is 4.90 Å². The maximum absolute atomic E-state index is 6.02. The molecular formula is C28H30N2O. The van der Waals surface area contributed by atoms with E-state index in [1.165, 1.54) is 27.3 Å². The number of nitrogens with zero attached hydrogens (tertiary/aromatic N) is 2. The number of rotatable bonds is 5. The van der Waals surface area contributed by atoms with Crippen molar-refractivity contribution in [3.05, 3.63) is 71.8 Å². The van der Waals surface area contributed by atoms with E-state index in [0.29, 0.717) is 5.92 Å². The monoisotopic (exact) mass is 410 g/mol. The lowest BCUT2D eigenvalue weighted by molar-refractivity contribution is 0.269. The number of benzene rings is 3. The summed E-state index contributed by atoms with van der Waals surface area (Å²) in [7, 11) is 0. The van der Waals surface area contributed by atoms with Crippen LogP contribution in [0.5, 0.6) is 5.75 Å². The highest BCUT2D eigenvalue weighted by atomic mass is 16.5. The van der Waals surface area contributed by atoms with E-state index in [9.17, 15) is 0 Å². The molecule has 0 fully saturated rings. The number of aromatic nitrogens is 1. The molecule has 5 rings (SSSR count). The van der Waals surface area contributed by atoms with Gasteiger partial charge < -0.3 is 4.74 Å². The Bertz CT molecular complexity index is 1240. The van der Waals surface area contributed by atoms with Gasteiger partial charge in [0.2, 0.25) is 0 Å². The Hall–Kier alpha value is -2.91. The van der Waals surface area contributed by atoms with E-state index >= 15 is 0 Å². The van der Waals surface area contributed by atoms with E-state index < -0.39 is 0 Å². The van der Waals surface area contributed by atoms with E-state index in [2.05, 4.69) is 80.3 Å². The van der Waals surface area contributed by atoms with Gasteiger partial charge in [-0.15, -0.1) is 0 Å². The molecule has 31 heavy (non-hydrogen) atoms. The molecule has 1 aliphatic heterocycles. The van der Waals surface area contributed by atoms with E-state index in [1.54, 1.807) is 0 Å². The van der Waals surface area contributed by atoms with Gasteiger partial charge in [0.25, 0.3) is 0 Å². The van der Waals surface area contributed by atoms with Gasteiger partial charge in [0, 0.05) is 24.0 Å². The minimum absolute atomic E-state index is 0.501. The molecule has 3 nitrogen and oxygen atoms in total. The summed E-state index contributed by atoms with van der Waals surface area (Å²) in [5.74, 6) is 1.42. The Morgan fingerprint density at radius 1 is 1.00 bits per heavy atom. The molecule has 158 valence electrons. The van der Waals surface area contributed by atoms with E-state index in [1.807, 2.05) is 6.07 Å². The first-order valence-corrected chi connectivity index (χ1v) is 11.4. The van der Waals surface area contributed by atoms with Crippen molar-refractivity contribution in [2.45, 2.75) is 33.7 Å². The second kappa shape index (κ2) is 8.32. The lowest BCUT2D eigenvalue weighted by Crippen LogP contribution is -2.31. The van der Waals surface area contributed by atoms with Crippen LogP contribution in [0.4, 0.5) is 0 Å². The Balaban J connectivity index is 1.72. The van der Waals surface area contributed by atoms with Crippen molar-refractivity contribution in [1.29, 1.82) is 0 Å². The molecule has 2 heterocycles. The van der Waals surface area contributed by atoms with Crippen LogP contribution in [0.2, 0.25) is 0 Å². The molecule has 0 N–H and O–H groups in total. The first kappa shape index (κ1) is 20.0. The average Bonchev–Trinajstić information content (AvgIpc) is 2.81. The summed E-state index contributed by atoms with van der Waals surface area (Å²) >= 11 is 0. The summed E-state index contributed by atoms with van der Waals surface area (Å²) in [6, 6.07) is 21.5. The number of fused-ring (bicyclic) bond motifs is 5. The third kappa shape index (κ3) is 3.79. The Morgan fingerprint density at radius 3 is 2.71 bits per heavy atom. The van der Waals surface area contributed by atoms with E-state index in [0.717, 1.165) is 55.2 Å². The average molecular weight is 411 g/mol.